The van der Waals surface area contributed by atoms with E-state index < -0.39 is 0 Å². The van der Waals surface area contributed by atoms with Crippen molar-refractivity contribution in [1.29, 1.82) is 0 Å². The fraction of sp³-hybridized carbons (Fsp3) is 0.765. The van der Waals surface area contributed by atoms with Crippen LogP contribution in [0.1, 0.15) is 71.8 Å². The van der Waals surface area contributed by atoms with E-state index in [-0.39, 0.29) is 0 Å². The van der Waals surface area contributed by atoms with Gasteiger partial charge in [0.2, 0.25) is 0 Å². The summed E-state index contributed by atoms with van der Waals surface area (Å²) in [6.07, 6.45) is 4.35. The van der Waals surface area contributed by atoms with Crippen molar-refractivity contribution < 1.29 is 0 Å². The van der Waals surface area contributed by atoms with E-state index in [1.54, 1.807) is 0 Å². The molecule has 1 heterocycles. The summed E-state index contributed by atoms with van der Waals surface area (Å²) in [5.74, 6) is 1.99. The molecule has 0 spiro atoms. The predicted molar refractivity (Wildman–Crippen MR) is 90.7 cm³/mol. The quantitative estimate of drug-likeness (QED) is 0.723. The predicted octanol–water partition coefficient (Wildman–Crippen LogP) is 3.95. The van der Waals surface area contributed by atoms with Crippen LogP contribution in [0.15, 0.2) is 6.20 Å². The summed E-state index contributed by atoms with van der Waals surface area (Å²) in [5, 5.41) is 6.99. The zero-order chi connectivity index (χ0) is 15.8. The van der Waals surface area contributed by atoms with Crippen molar-refractivity contribution in [2.75, 3.05) is 11.9 Å². The molecule has 0 aromatic carbocycles. The van der Waals surface area contributed by atoms with Crippen molar-refractivity contribution in [2.45, 2.75) is 72.9 Å². The summed E-state index contributed by atoms with van der Waals surface area (Å²) in [6, 6.07) is 0.453. The van der Waals surface area contributed by atoms with Crippen LogP contribution in [0, 0.1) is 5.92 Å². The van der Waals surface area contributed by atoms with Gasteiger partial charge in [-0.25, -0.2) is 9.97 Å². The van der Waals surface area contributed by atoms with E-state index in [0.29, 0.717) is 17.9 Å². The van der Waals surface area contributed by atoms with Crippen LogP contribution in [0.2, 0.25) is 0 Å². The SMILES string of the molecule is CCC(CC)CNc1cnc(C(C)C)nc1CNC(C)C. The number of nitrogens with zero attached hydrogens (tertiary/aromatic N) is 2. The lowest BCUT2D eigenvalue weighted by Gasteiger charge is -2.18. The number of hydrogen-bond donors (Lipinski definition) is 2. The van der Waals surface area contributed by atoms with Gasteiger partial charge in [0.1, 0.15) is 5.82 Å². The van der Waals surface area contributed by atoms with Gasteiger partial charge in [-0.2, -0.15) is 0 Å². The first kappa shape index (κ1) is 17.9. The summed E-state index contributed by atoms with van der Waals surface area (Å²) < 4.78 is 0. The highest BCUT2D eigenvalue weighted by atomic mass is 15.0. The zero-order valence-corrected chi connectivity index (χ0v) is 14.5. The minimum atomic E-state index is 0.357. The molecule has 0 atom stereocenters. The molecule has 0 saturated heterocycles. The summed E-state index contributed by atoms with van der Waals surface area (Å²) in [4.78, 5) is 9.23. The maximum atomic E-state index is 4.74. The van der Waals surface area contributed by atoms with Crippen LogP contribution in [-0.2, 0) is 6.54 Å². The van der Waals surface area contributed by atoms with E-state index in [2.05, 4.69) is 57.2 Å². The van der Waals surface area contributed by atoms with Gasteiger partial charge in [-0.05, 0) is 5.92 Å². The van der Waals surface area contributed by atoms with Gasteiger partial charge in [-0.1, -0.05) is 54.4 Å². The molecule has 1 aromatic rings. The van der Waals surface area contributed by atoms with Crippen LogP contribution in [-0.4, -0.2) is 22.6 Å². The highest BCUT2D eigenvalue weighted by Gasteiger charge is 2.11. The smallest absolute Gasteiger partial charge is 0.131 e. The molecule has 4 heteroatoms. The summed E-state index contributed by atoms with van der Waals surface area (Å²) in [7, 11) is 0. The molecule has 4 nitrogen and oxygen atoms in total. The van der Waals surface area contributed by atoms with E-state index in [1.807, 2.05) is 6.20 Å². The Morgan fingerprint density at radius 2 is 1.76 bits per heavy atom. The molecule has 21 heavy (non-hydrogen) atoms. The summed E-state index contributed by atoms with van der Waals surface area (Å²) in [5.41, 5.74) is 2.15. The Balaban J connectivity index is 2.84. The monoisotopic (exact) mass is 292 g/mol. The van der Waals surface area contributed by atoms with Gasteiger partial charge >= 0.3 is 0 Å². The topological polar surface area (TPSA) is 49.8 Å². The van der Waals surface area contributed by atoms with Gasteiger partial charge in [0.05, 0.1) is 17.6 Å². The molecule has 1 rings (SSSR count). The highest BCUT2D eigenvalue weighted by molar-refractivity contribution is 5.46. The largest absolute Gasteiger partial charge is 0.382 e. The van der Waals surface area contributed by atoms with E-state index in [1.165, 1.54) is 12.8 Å². The molecule has 0 bridgehead atoms. The Morgan fingerprint density at radius 3 is 2.29 bits per heavy atom. The fourth-order valence-corrected chi connectivity index (χ4v) is 2.13. The van der Waals surface area contributed by atoms with Crippen LogP contribution in [0.5, 0.6) is 0 Å². The molecule has 0 amide bonds. The van der Waals surface area contributed by atoms with Crippen LogP contribution in [0.25, 0.3) is 0 Å². The van der Waals surface area contributed by atoms with E-state index in [4.69, 9.17) is 4.98 Å². The van der Waals surface area contributed by atoms with E-state index in [9.17, 15) is 0 Å². The first-order chi connectivity index (χ1) is 9.97. The van der Waals surface area contributed by atoms with Gasteiger partial charge in [-0.3, -0.25) is 0 Å². The number of hydrogen-bond acceptors (Lipinski definition) is 4. The van der Waals surface area contributed by atoms with Gasteiger partial charge < -0.3 is 10.6 Å². The number of nitrogens with one attached hydrogen (secondary N) is 2. The first-order valence-electron chi connectivity index (χ1n) is 8.30. The minimum Gasteiger partial charge on any atom is -0.382 e. The van der Waals surface area contributed by atoms with Gasteiger partial charge in [0.25, 0.3) is 0 Å². The first-order valence-corrected chi connectivity index (χ1v) is 8.30. The summed E-state index contributed by atoms with van der Waals surface area (Å²) in [6.45, 7) is 14.8. The van der Waals surface area contributed by atoms with Crippen LogP contribution >= 0.6 is 0 Å². The summed E-state index contributed by atoms with van der Waals surface area (Å²) >= 11 is 0. The lowest BCUT2D eigenvalue weighted by molar-refractivity contribution is 0.518. The van der Waals surface area contributed by atoms with Crippen molar-refractivity contribution in [2.24, 2.45) is 5.92 Å². The van der Waals surface area contributed by atoms with Gasteiger partial charge in [-0.15, -0.1) is 0 Å². The van der Waals surface area contributed by atoms with Crippen molar-refractivity contribution in [3.63, 3.8) is 0 Å². The average Bonchev–Trinajstić information content (AvgIpc) is 2.46. The Kier molecular flexibility index (Phi) is 7.65. The molecule has 0 saturated carbocycles. The van der Waals surface area contributed by atoms with Crippen molar-refractivity contribution in [3.8, 4) is 0 Å². The maximum Gasteiger partial charge on any atom is 0.131 e. The Hall–Kier alpha value is -1.16. The molecule has 0 aliphatic rings. The molecule has 0 aliphatic heterocycles. The third kappa shape index (κ3) is 6.00. The highest BCUT2D eigenvalue weighted by Crippen LogP contribution is 2.18. The molecule has 0 fully saturated rings. The second-order valence-corrected chi connectivity index (χ2v) is 6.34. The fourth-order valence-electron chi connectivity index (χ4n) is 2.13. The molecule has 0 radical (unpaired) electrons. The van der Waals surface area contributed by atoms with Crippen molar-refractivity contribution >= 4 is 5.69 Å². The van der Waals surface area contributed by atoms with Crippen molar-refractivity contribution in [1.82, 2.24) is 15.3 Å². The van der Waals surface area contributed by atoms with E-state index in [0.717, 1.165) is 30.3 Å². The number of anilines is 1. The molecule has 0 unspecified atom stereocenters. The standard InChI is InChI=1S/C17H32N4/c1-7-14(8-2)9-19-15-10-20-17(12(3)4)21-16(15)11-18-13(5)6/h10,12-14,18-19H,7-9,11H2,1-6H3. The van der Waals surface area contributed by atoms with Crippen LogP contribution in [0.3, 0.4) is 0 Å². The minimum absolute atomic E-state index is 0.357. The van der Waals surface area contributed by atoms with Crippen LogP contribution in [0.4, 0.5) is 5.69 Å². The molecule has 0 aliphatic carbocycles. The third-order valence-corrected chi connectivity index (χ3v) is 3.82. The Bertz CT molecular complexity index is 411. The lowest BCUT2D eigenvalue weighted by atomic mass is 10.0. The van der Waals surface area contributed by atoms with E-state index >= 15 is 0 Å². The zero-order valence-electron chi connectivity index (χ0n) is 14.5. The normalized spacial score (nSPS) is 11.7. The number of aromatic nitrogens is 2. The average molecular weight is 292 g/mol. The number of rotatable bonds is 9. The lowest BCUT2D eigenvalue weighted by Crippen LogP contribution is -2.24. The Labute approximate surface area is 130 Å². The molecular weight excluding hydrogens is 260 g/mol. The second kappa shape index (κ2) is 8.98. The third-order valence-electron chi connectivity index (χ3n) is 3.82. The molecular formula is C17H32N4. The molecule has 120 valence electrons. The Morgan fingerprint density at radius 1 is 1.10 bits per heavy atom. The van der Waals surface area contributed by atoms with Crippen molar-refractivity contribution in [3.05, 3.63) is 17.7 Å². The molecule has 2 N–H and O–H groups in total. The van der Waals surface area contributed by atoms with Crippen LogP contribution < -0.4 is 10.6 Å². The second-order valence-electron chi connectivity index (χ2n) is 6.34. The maximum absolute atomic E-state index is 4.74. The van der Waals surface area contributed by atoms with Gasteiger partial charge in [0, 0.05) is 25.0 Å². The van der Waals surface area contributed by atoms with Gasteiger partial charge in [0.15, 0.2) is 0 Å². The molecule has 1 aromatic heterocycles.